The van der Waals surface area contributed by atoms with Gasteiger partial charge in [0.1, 0.15) is 11.5 Å². The number of aliphatic imine (C=N–C) groups is 1. The van der Waals surface area contributed by atoms with Gasteiger partial charge >= 0.3 is 0 Å². The van der Waals surface area contributed by atoms with Gasteiger partial charge in [0.2, 0.25) is 0 Å². The number of hydrogen-bond donors (Lipinski definition) is 2. The number of guanidine groups is 1. The third kappa shape index (κ3) is 5.19. The lowest BCUT2D eigenvalue weighted by Gasteiger charge is -2.29. The summed E-state index contributed by atoms with van der Waals surface area (Å²) in [5.41, 5.74) is 0.841. The van der Waals surface area contributed by atoms with Gasteiger partial charge in [0, 0.05) is 26.7 Å². The summed E-state index contributed by atoms with van der Waals surface area (Å²) < 4.78 is 11.2. The number of nitrogens with zero attached hydrogens (tertiary/aromatic N) is 3. The third-order valence-electron chi connectivity index (χ3n) is 5.80. The Morgan fingerprint density at radius 3 is 2.77 bits per heavy atom. The summed E-state index contributed by atoms with van der Waals surface area (Å²) >= 11 is 0. The highest BCUT2D eigenvalue weighted by Gasteiger charge is 2.26. The molecule has 1 unspecified atom stereocenters. The number of benzene rings is 1. The van der Waals surface area contributed by atoms with Crippen LogP contribution in [0.5, 0.6) is 5.75 Å². The van der Waals surface area contributed by atoms with Crippen molar-refractivity contribution in [3.8, 4) is 5.75 Å². The molecule has 1 atom stereocenters. The molecule has 0 bridgehead atoms. The van der Waals surface area contributed by atoms with E-state index in [1.807, 2.05) is 36.4 Å². The highest BCUT2D eigenvalue weighted by Crippen LogP contribution is 2.31. The number of carbonyl (C=O) groups is 1. The van der Waals surface area contributed by atoms with Crippen LogP contribution >= 0.6 is 0 Å². The van der Waals surface area contributed by atoms with Gasteiger partial charge in [-0.25, -0.2) is 0 Å². The molecule has 0 saturated carbocycles. The van der Waals surface area contributed by atoms with Crippen molar-refractivity contribution in [2.24, 2.45) is 4.99 Å². The van der Waals surface area contributed by atoms with E-state index < -0.39 is 0 Å². The highest BCUT2D eigenvalue weighted by molar-refractivity contribution is 5.97. The van der Waals surface area contributed by atoms with Crippen LogP contribution in [0.15, 0.2) is 52.1 Å². The van der Waals surface area contributed by atoms with Gasteiger partial charge in [-0.3, -0.25) is 14.7 Å². The second-order valence-electron chi connectivity index (χ2n) is 7.81. The first-order valence-corrected chi connectivity index (χ1v) is 11.0. The van der Waals surface area contributed by atoms with E-state index in [0.717, 1.165) is 49.2 Å². The molecule has 2 aromatic rings. The number of likely N-dealkylation sites (tertiary alicyclic amines) is 1. The summed E-state index contributed by atoms with van der Waals surface area (Å²) in [6.07, 6.45) is 4.99. The van der Waals surface area contributed by atoms with Crippen LogP contribution in [-0.2, 0) is 4.79 Å². The highest BCUT2D eigenvalue weighted by atomic mass is 16.5. The number of carbonyl (C=O) groups excluding carboxylic acids is 1. The van der Waals surface area contributed by atoms with E-state index in [9.17, 15) is 4.79 Å². The fourth-order valence-corrected chi connectivity index (χ4v) is 4.20. The normalized spacial score (nSPS) is 17.9. The lowest BCUT2D eigenvalue weighted by atomic mass is 10.2. The smallest absolute Gasteiger partial charge is 0.265 e. The van der Waals surface area contributed by atoms with Crippen LogP contribution in [-0.4, -0.2) is 63.1 Å². The maximum Gasteiger partial charge on any atom is 0.265 e. The number of amides is 1. The second-order valence-corrected chi connectivity index (χ2v) is 7.81. The Labute approximate surface area is 183 Å². The fraction of sp³-hybridized carbons (Fsp3) is 0.478. The van der Waals surface area contributed by atoms with E-state index in [1.165, 1.54) is 12.8 Å². The summed E-state index contributed by atoms with van der Waals surface area (Å²) in [6, 6.07) is 11.8. The molecule has 166 valence electrons. The number of nitrogens with one attached hydrogen (secondary N) is 2. The van der Waals surface area contributed by atoms with Gasteiger partial charge in [-0.05, 0) is 56.6 Å². The molecular formula is C23H31N5O3. The van der Waals surface area contributed by atoms with Crippen molar-refractivity contribution < 1.29 is 13.9 Å². The van der Waals surface area contributed by atoms with Crippen molar-refractivity contribution >= 4 is 17.6 Å². The van der Waals surface area contributed by atoms with E-state index in [0.29, 0.717) is 13.1 Å². The number of ether oxygens (including phenoxy) is 1. The van der Waals surface area contributed by atoms with Crippen molar-refractivity contribution in [2.75, 3.05) is 51.3 Å². The summed E-state index contributed by atoms with van der Waals surface area (Å²) in [5.74, 6) is 2.49. The zero-order valence-electron chi connectivity index (χ0n) is 18.0. The van der Waals surface area contributed by atoms with Crippen molar-refractivity contribution in [1.29, 1.82) is 0 Å². The van der Waals surface area contributed by atoms with Crippen LogP contribution in [0.4, 0.5) is 5.69 Å². The molecule has 4 rings (SSSR count). The first-order chi connectivity index (χ1) is 15.3. The Morgan fingerprint density at radius 1 is 1.16 bits per heavy atom. The van der Waals surface area contributed by atoms with Crippen LogP contribution in [0, 0.1) is 0 Å². The minimum Gasteiger partial charge on any atom is -0.482 e. The molecule has 1 aromatic heterocycles. The maximum absolute atomic E-state index is 12.3. The molecule has 2 aliphatic heterocycles. The summed E-state index contributed by atoms with van der Waals surface area (Å²) in [6.45, 7) is 4.34. The molecule has 0 spiro atoms. The lowest BCUT2D eigenvalue weighted by Crippen LogP contribution is -2.44. The van der Waals surface area contributed by atoms with E-state index in [4.69, 9.17) is 9.15 Å². The van der Waals surface area contributed by atoms with Crippen LogP contribution in [0.3, 0.4) is 0 Å². The van der Waals surface area contributed by atoms with E-state index >= 15 is 0 Å². The number of para-hydroxylation sites is 2. The molecule has 8 heteroatoms. The largest absolute Gasteiger partial charge is 0.482 e. The predicted molar refractivity (Wildman–Crippen MR) is 121 cm³/mol. The quantitative estimate of drug-likeness (QED) is 0.384. The van der Waals surface area contributed by atoms with Gasteiger partial charge < -0.3 is 24.7 Å². The van der Waals surface area contributed by atoms with Crippen LogP contribution in [0.1, 0.15) is 31.1 Å². The molecule has 1 saturated heterocycles. The van der Waals surface area contributed by atoms with Gasteiger partial charge in [0.25, 0.3) is 5.91 Å². The minimum atomic E-state index is -0.00638. The SMILES string of the molecule is CN=C(NCCCN1C(=O)COc2ccccc21)NCC(c1ccco1)N1CCCC1. The Hall–Kier alpha value is -3.00. The number of anilines is 1. The van der Waals surface area contributed by atoms with Gasteiger partial charge in [0.15, 0.2) is 12.6 Å². The summed E-state index contributed by atoms with van der Waals surface area (Å²) in [5, 5.41) is 6.79. The topological polar surface area (TPSA) is 82.3 Å². The molecule has 2 aliphatic rings. The Bertz CT molecular complexity index is 877. The average Bonchev–Trinajstić information content (AvgIpc) is 3.51. The molecule has 1 aromatic carbocycles. The zero-order chi connectivity index (χ0) is 21.5. The minimum absolute atomic E-state index is 0.00638. The fourth-order valence-electron chi connectivity index (χ4n) is 4.20. The summed E-state index contributed by atoms with van der Waals surface area (Å²) in [7, 11) is 1.77. The number of hydrogen-bond acceptors (Lipinski definition) is 5. The zero-order valence-corrected chi connectivity index (χ0v) is 18.0. The standard InChI is InChI=1S/C23H31N5O3/c1-24-23(26-16-19(21-10-6-15-30-21)27-12-4-5-13-27)25-11-7-14-28-18-8-2-3-9-20(18)31-17-22(28)29/h2-3,6,8-10,15,19H,4-5,7,11-14,16-17H2,1H3,(H2,24,25,26). The molecule has 2 N–H and O–H groups in total. The second kappa shape index (κ2) is 10.3. The lowest BCUT2D eigenvalue weighted by molar-refractivity contribution is -0.121. The predicted octanol–water partition coefficient (Wildman–Crippen LogP) is 2.40. The average molecular weight is 426 g/mol. The van der Waals surface area contributed by atoms with Crippen LogP contribution < -0.4 is 20.3 Å². The molecule has 31 heavy (non-hydrogen) atoms. The van der Waals surface area contributed by atoms with Crippen molar-refractivity contribution in [2.45, 2.75) is 25.3 Å². The van der Waals surface area contributed by atoms with Gasteiger partial charge in [-0.2, -0.15) is 0 Å². The first-order valence-electron chi connectivity index (χ1n) is 11.0. The Morgan fingerprint density at radius 2 is 2.00 bits per heavy atom. The summed E-state index contributed by atoms with van der Waals surface area (Å²) in [4.78, 5) is 20.9. The molecule has 0 radical (unpaired) electrons. The molecule has 3 heterocycles. The monoisotopic (exact) mass is 425 g/mol. The number of furan rings is 1. The van der Waals surface area contributed by atoms with Gasteiger partial charge in [-0.1, -0.05) is 12.1 Å². The molecular weight excluding hydrogens is 394 g/mol. The molecule has 1 amide bonds. The van der Waals surface area contributed by atoms with Crippen LogP contribution in [0.2, 0.25) is 0 Å². The van der Waals surface area contributed by atoms with Gasteiger partial charge in [-0.15, -0.1) is 0 Å². The Balaban J connectivity index is 1.26. The first kappa shape index (κ1) is 21.2. The van der Waals surface area contributed by atoms with Gasteiger partial charge in [0.05, 0.1) is 18.0 Å². The van der Waals surface area contributed by atoms with E-state index in [2.05, 4.69) is 20.5 Å². The number of rotatable bonds is 8. The van der Waals surface area contributed by atoms with Crippen molar-refractivity contribution in [1.82, 2.24) is 15.5 Å². The maximum atomic E-state index is 12.3. The van der Waals surface area contributed by atoms with E-state index in [-0.39, 0.29) is 18.6 Å². The van der Waals surface area contributed by atoms with Crippen molar-refractivity contribution in [3.63, 3.8) is 0 Å². The molecule has 8 nitrogen and oxygen atoms in total. The van der Waals surface area contributed by atoms with Crippen molar-refractivity contribution in [3.05, 3.63) is 48.4 Å². The molecule has 1 fully saturated rings. The van der Waals surface area contributed by atoms with E-state index in [1.54, 1.807) is 18.2 Å². The molecule has 0 aliphatic carbocycles. The third-order valence-corrected chi connectivity index (χ3v) is 5.80. The Kier molecular flexibility index (Phi) is 7.09. The number of fused-ring (bicyclic) bond motifs is 1. The van der Waals surface area contributed by atoms with Crippen LogP contribution in [0.25, 0.3) is 0 Å².